The van der Waals surface area contributed by atoms with E-state index in [0.29, 0.717) is 31.6 Å². The van der Waals surface area contributed by atoms with E-state index in [-0.39, 0.29) is 5.92 Å². The summed E-state index contributed by atoms with van der Waals surface area (Å²) >= 11 is 0. The van der Waals surface area contributed by atoms with Crippen LogP contribution >= 0.6 is 0 Å². The van der Waals surface area contributed by atoms with Gasteiger partial charge in [-0.25, -0.2) is 13.1 Å². The standard InChI is InChI=1S/C14H18N2O3S/c1-16-20(17,18)14-6-7-19-10-13(14)8-11-4-2-3-5-12(11)9-15/h2-5,13-14,16H,6-8,10H2,1H3/t13-,14-/m1/s1. The molecule has 1 aliphatic rings. The Labute approximate surface area is 119 Å². The number of ether oxygens (including phenoxy) is 1. The highest BCUT2D eigenvalue weighted by molar-refractivity contribution is 7.90. The molecule has 2 atom stereocenters. The Balaban J connectivity index is 2.24. The molecule has 0 spiro atoms. The van der Waals surface area contributed by atoms with Crippen molar-refractivity contribution in [2.45, 2.75) is 18.1 Å². The number of rotatable bonds is 4. The first-order chi connectivity index (χ1) is 9.58. The Bertz CT molecular complexity index is 607. The molecule has 6 heteroatoms. The van der Waals surface area contributed by atoms with E-state index in [4.69, 9.17) is 10.00 Å². The summed E-state index contributed by atoms with van der Waals surface area (Å²) in [5.74, 6) is -0.129. The fourth-order valence-electron chi connectivity index (χ4n) is 2.62. The quantitative estimate of drug-likeness (QED) is 0.900. The molecule has 0 aliphatic carbocycles. The zero-order valence-electron chi connectivity index (χ0n) is 11.4. The van der Waals surface area contributed by atoms with Crippen molar-refractivity contribution in [3.05, 3.63) is 35.4 Å². The third-order valence-electron chi connectivity index (χ3n) is 3.71. The number of nitrogens with zero attached hydrogens (tertiary/aromatic N) is 1. The molecule has 0 amide bonds. The highest BCUT2D eigenvalue weighted by Crippen LogP contribution is 2.26. The highest BCUT2D eigenvalue weighted by Gasteiger charge is 2.35. The fraction of sp³-hybridized carbons (Fsp3) is 0.500. The summed E-state index contributed by atoms with van der Waals surface area (Å²) in [6.45, 7) is 0.868. The van der Waals surface area contributed by atoms with Crippen LogP contribution in [0.15, 0.2) is 24.3 Å². The van der Waals surface area contributed by atoms with E-state index >= 15 is 0 Å². The van der Waals surface area contributed by atoms with Crippen LogP contribution in [0, 0.1) is 17.2 Å². The SMILES string of the molecule is CNS(=O)(=O)[C@@H]1CCOC[C@H]1Cc1ccccc1C#N. The van der Waals surface area contributed by atoms with Crippen LogP contribution in [0.25, 0.3) is 0 Å². The minimum atomic E-state index is -3.32. The number of hydrogen-bond acceptors (Lipinski definition) is 4. The van der Waals surface area contributed by atoms with Gasteiger partial charge in [-0.15, -0.1) is 0 Å². The van der Waals surface area contributed by atoms with Gasteiger partial charge in [0.25, 0.3) is 0 Å². The number of benzene rings is 1. The lowest BCUT2D eigenvalue weighted by atomic mass is 9.91. The van der Waals surface area contributed by atoms with Crippen LogP contribution in [0.2, 0.25) is 0 Å². The van der Waals surface area contributed by atoms with Gasteiger partial charge in [0.15, 0.2) is 0 Å². The average molecular weight is 294 g/mol. The summed E-state index contributed by atoms with van der Waals surface area (Å²) in [4.78, 5) is 0. The summed E-state index contributed by atoms with van der Waals surface area (Å²) < 4.78 is 32.0. The summed E-state index contributed by atoms with van der Waals surface area (Å²) in [6, 6.07) is 9.44. The zero-order chi connectivity index (χ0) is 14.6. The summed E-state index contributed by atoms with van der Waals surface area (Å²) in [6.07, 6.45) is 1.03. The third kappa shape index (κ3) is 3.18. The van der Waals surface area contributed by atoms with E-state index in [1.807, 2.05) is 12.1 Å². The van der Waals surface area contributed by atoms with Crippen molar-refractivity contribution in [2.24, 2.45) is 5.92 Å². The van der Waals surface area contributed by atoms with Gasteiger partial charge in [0.1, 0.15) is 0 Å². The monoisotopic (exact) mass is 294 g/mol. The number of sulfonamides is 1. The molecule has 1 aromatic rings. The minimum Gasteiger partial charge on any atom is -0.381 e. The Morgan fingerprint density at radius 1 is 1.45 bits per heavy atom. The van der Waals surface area contributed by atoms with Crippen LogP contribution in [0.1, 0.15) is 17.5 Å². The van der Waals surface area contributed by atoms with Gasteiger partial charge >= 0.3 is 0 Å². The topological polar surface area (TPSA) is 79.2 Å². The predicted octanol–water partition coefficient (Wildman–Crippen LogP) is 1.06. The number of hydrogen-bond donors (Lipinski definition) is 1. The lowest BCUT2D eigenvalue weighted by Crippen LogP contribution is -2.43. The average Bonchev–Trinajstić information content (AvgIpc) is 2.48. The van der Waals surface area contributed by atoms with Crippen LogP contribution in [0.4, 0.5) is 0 Å². The summed E-state index contributed by atoms with van der Waals surface area (Å²) in [5, 5.41) is 8.64. The van der Waals surface area contributed by atoms with E-state index in [1.165, 1.54) is 7.05 Å². The maximum Gasteiger partial charge on any atom is 0.214 e. The smallest absolute Gasteiger partial charge is 0.214 e. The molecule has 1 heterocycles. The molecule has 5 nitrogen and oxygen atoms in total. The van der Waals surface area contributed by atoms with Crippen molar-refractivity contribution in [3.8, 4) is 6.07 Å². The zero-order valence-corrected chi connectivity index (χ0v) is 12.2. The van der Waals surface area contributed by atoms with Crippen LogP contribution in [-0.4, -0.2) is 33.9 Å². The molecule has 0 saturated carbocycles. The van der Waals surface area contributed by atoms with Crippen LogP contribution in [0.3, 0.4) is 0 Å². The molecule has 0 radical (unpaired) electrons. The van der Waals surface area contributed by atoms with Crippen molar-refractivity contribution in [2.75, 3.05) is 20.3 Å². The van der Waals surface area contributed by atoms with Crippen molar-refractivity contribution in [1.29, 1.82) is 5.26 Å². The Morgan fingerprint density at radius 2 is 2.20 bits per heavy atom. The largest absolute Gasteiger partial charge is 0.381 e. The van der Waals surface area contributed by atoms with E-state index in [0.717, 1.165) is 5.56 Å². The third-order valence-corrected chi connectivity index (χ3v) is 5.69. The van der Waals surface area contributed by atoms with Crippen molar-refractivity contribution >= 4 is 10.0 Å². The molecule has 0 unspecified atom stereocenters. The minimum absolute atomic E-state index is 0.129. The Hall–Kier alpha value is -1.42. The lowest BCUT2D eigenvalue weighted by Gasteiger charge is -2.31. The first-order valence-corrected chi connectivity index (χ1v) is 8.11. The molecule has 20 heavy (non-hydrogen) atoms. The molecular weight excluding hydrogens is 276 g/mol. The van der Waals surface area contributed by atoms with Crippen molar-refractivity contribution < 1.29 is 13.2 Å². The number of nitrogens with one attached hydrogen (secondary N) is 1. The second-order valence-corrected chi connectivity index (χ2v) is 6.99. The second kappa shape index (κ2) is 6.35. The van der Waals surface area contributed by atoms with Crippen molar-refractivity contribution in [3.63, 3.8) is 0 Å². The maximum atomic E-state index is 12.1. The van der Waals surface area contributed by atoms with E-state index < -0.39 is 15.3 Å². The predicted molar refractivity (Wildman–Crippen MR) is 75.6 cm³/mol. The molecule has 1 aliphatic heterocycles. The molecule has 1 saturated heterocycles. The van der Waals surface area contributed by atoms with Gasteiger partial charge < -0.3 is 4.74 Å². The van der Waals surface area contributed by atoms with Gasteiger partial charge in [0.2, 0.25) is 10.0 Å². The molecule has 1 aromatic carbocycles. The molecule has 108 valence electrons. The fourth-order valence-corrected chi connectivity index (χ4v) is 4.01. The molecule has 0 bridgehead atoms. The Kier molecular flexibility index (Phi) is 4.76. The summed E-state index contributed by atoms with van der Waals surface area (Å²) in [7, 11) is -1.89. The van der Waals surface area contributed by atoms with Gasteiger partial charge in [-0.2, -0.15) is 5.26 Å². The van der Waals surface area contributed by atoms with Crippen LogP contribution in [-0.2, 0) is 21.2 Å². The first kappa shape index (κ1) is 15.0. The normalized spacial score (nSPS) is 23.2. The van der Waals surface area contributed by atoms with Gasteiger partial charge in [0.05, 0.1) is 23.5 Å². The van der Waals surface area contributed by atoms with E-state index in [2.05, 4.69) is 10.8 Å². The highest BCUT2D eigenvalue weighted by atomic mass is 32.2. The van der Waals surface area contributed by atoms with Crippen LogP contribution < -0.4 is 4.72 Å². The lowest BCUT2D eigenvalue weighted by molar-refractivity contribution is 0.0570. The van der Waals surface area contributed by atoms with Gasteiger partial charge in [-0.05, 0) is 31.5 Å². The van der Waals surface area contributed by atoms with E-state index in [1.54, 1.807) is 12.1 Å². The molecule has 1 N–H and O–H groups in total. The molecule has 1 fully saturated rings. The van der Waals surface area contributed by atoms with Gasteiger partial charge in [0, 0.05) is 12.5 Å². The van der Waals surface area contributed by atoms with E-state index in [9.17, 15) is 8.42 Å². The molecule has 2 rings (SSSR count). The number of nitriles is 1. The Morgan fingerprint density at radius 3 is 2.90 bits per heavy atom. The summed E-state index contributed by atoms with van der Waals surface area (Å²) in [5.41, 5.74) is 1.47. The van der Waals surface area contributed by atoms with Crippen molar-refractivity contribution in [1.82, 2.24) is 4.72 Å². The maximum absolute atomic E-state index is 12.1. The second-order valence-electron chi connectivity index (χ2n) is 4.88. The van der Waals surface area contributed by atoms with Gasteiger partial charge in [-0.1, -0.05) is 18.2 Å². The molecule has 0 aromatic heterocycles. The van der Waals surface area contributed by atoms with Gasteiger partial charge in [-0.3, -0.25) is 0 Å². The molecular formula is C14H18N2O3S. The first-order valence-electron chi connectivity index (χ1n) is 6.56. The van der Waals surface area contributed by atoms with Crippen LogP contribution in [0.5, 0.6) is 0 Å².